The van der Waals surface area contributed by atoms with Gasteiger partial charge in [-0.15, -0.1) is 0 Å². The van der Waals surface area contributed by atoms with Gasteiger partial charge in [0.15, 0.2) is 5.25 Å². The molecule has 23 heavy (non-hydrogen) atoms. The molecule has 0 aromatic heterocycles. The number of allylic oxidation sites excluding steroid dienone is 2. The van der Waals surface area contributed by atoms with Crippen molar-refractivity contribution >= 4 is 9.84 Å². The molecule has 0 aliphatic carbocycles. The van der Waals surface area contributed by atoms with E-state index in [1.807, 2.05) is 0 Å². The molecule has 0 saturated carbocycles. The van der Waals surface area contributed by atoms with Crippen molar-refractivity contribution in [1.82, 2.24) is 0 Å². The number of alkyl halides is 3. The quantitative estimate of drug-likeness (QED) is 0.785. The molecule has 0 spiro atoms. The van der Waals surface area contributed by atoms with Crippen LogP contribution in [-0.2, 0) is 16.0 Å². The van der Waals surface area contributed by atoms with Crippen LogP contribution in [0.4, 0.5) is 13.2 Å². The summed E-state index contributed by atoms with van der Waals surface area (Å²) in [7, 11) is -4.18. The second-order valence-electron chi connectivity index (χ2n) is 5.25. The van der Waals surface area contributed by atoms with Crippen LogP contribution in [0.3, 0.4) is 0 Å². The second-order valence-corrected chi connectivity index (χ2v) is 7.26. The summed E-state index contributed by atoms with van der Waals surface area (Å²) >= 11 is 0. The Kier molecular flexibility index (Phi) is 4.23. The van der Waals surface area contributed by atoms with Gasteiger partial charge < -0.3 is 0 Å². The van der Waals surface area contributed by atoms with Gasteiger partial charge in [-0.2, -0.15) is 23.7 Å². The van der Waals surface area contributed by atoms with E-state index >= 15 is 0 Å². The van der Waals surface area contributed by atoms with Crippen molar-refractivity contribution in [1.29, 1.82) is 10.5 Å². The Labute approximate surface area is 131 Å². The van der Waals surface area contributed by atoms with Crippen LogP contribution in [0.5, 0.6) is 0 Å². The molecule has 2 unspecified atom stereocenters. The van der Waals surface area contributed by atoms with E-state index in [-0.39, 0.29) is 17.6 Å². The zero-order valence-electron chi connectivity index (χ0n) is 11.9. The van der Waals surface area contributed by atoms with Gasteiger partial charge in [0.2, 0.25) is 9.84 Å². The molecule has 4 nitrogen and oxygen atoms in total. The predicted molar refractivity (Wildman–Crippen MR) is 75.4 cm³/mol. The van der Waals surface area contributed by atoms with Crippen molar-refractivity contribution in [3.05, 3.63) is 45.9 Å². The minimum Gasteiger partial charge on any atom is -0.222 e. The lowest BCUT2D eigenvalue weighted by atomic mass is 9.88. The van der Waals surface area contributed by atoms with Crippen LogP contribution in [0.25, 0.3) is 0 Å². The molecule has 1 heterocycles. The van der Waals surface area contributed by atoms with Crippen LogP contribution in [0.15, 0.2) is 34.7 Å². The molecule has 0 saturated heterocycles. The third-order valence-corrected chi connectivity index (χ3v) is 5.88. The Morgan fingerprint density at radius 3 is 2.43 bits per heavy atom. The van der Waals surface area contributed by atoms with Crippen molar-refractivity contribution in [2.24, 2.45) is 0 Å². The Hall–Kier alpha value is -2.32. The minimum atomic E-state index is -4.56. The van der Waals surface area contributed by atoms with Gasteiger partial charge in [0.1, 0.15) is 11.0 Å². The van der Waals surface area contributed by atoms with Crippen LogP contribution in [0, 0.1) is 22.7 Å². The number of rotatable bonds is 1. The summed E-state index contributed by atoms with van der Waals surface area (Å²) in [5.41, 5.74) is -0.537. The number of nitrogens with zero attached hydrogens (tertiary/aromatic N) is 2. The number of hydrogen-bond acceptors (Lipinski definition) is 4. The molecular formula is C15H11F3N2O2S. The first-order valence-corrected chi connectivity index (χ1v) is 8.08. The molecule has 1 aliphatic rings. The van der Waals surface area contributed by atoms with Crippen LogP contribution in [0.2, 0.25) is 0 Å². The van der Waals surface area contributed by atoms with Crippen LogP contribution in [0.1, 0.15) is 30.4 Å². The van der Waals surface area contributed by atoms with E-state index in [4.69, 9.17) is 5.26 Å². The van der Waals surface area contributed by atoms with Crippen LogP contribution < -0.4 is 0 Å². The highest BCUT2D eigenvalue weighted by Gasteiger charge is 2.43. The molecule has 0 radical (unpaired) electrons. The van der Waals surface area contributed by atoms with Gasteiger partial charge >= 0.3 is 6.18 Å². The molecule has 0 fully saturated rings. The molecule has 2 atom stereocenters. The van der Waals surface area contributed by atoms with Crippen molar-refractivity contribution in [3.63, 3.8) is 0 Å². The topological polar surface area (TPSA) is 81.7 Å². The van der Waals surface area contributed by atoms with E-state index in [0.717, 1.165) is 12.1 Å². The first-order valence-electron chi connectivity index (χ1n) is 6.53. The third-order valence-electron chi connectivity index (χ3n) is 3.77. The molecule has 0 bridgehead atoms. The zero-order chi connectivity index (χ0) is 17.4. The van der Waals surface area contributed by atoms with Crippen molar-refractivity contribution in [2.75, 3.05) is 0 Å². The van der Waals surface area contributed by atoms with Crippen molar-refractivity contribution in [2.45, 2.75) is 30.7 Å². The minimum absolute atomic E-state index is 0.0433. The molecule has 2 rings (SSSR count). The highest BCUT2D eigenvalue weighted by molar-refractivity contribution is 7.96. The molecule has 120 valence electrons. The molecule has 0 amide bonds. The molecular weight excluding hydrogens is 329 g/mol. The first-order chi connectivity index (χ1) is 10.6. The fraction of sp³-hybridized carbons (Fsp3) is 0.333. The summed E-state index contributed by atoms with van der Waals surface area (Å²) in [6.45, 7) is 1.43. The molecule has 8 heteroatoms. The zero-order valence-corrected chi connectivity index (χ0v) is 12.7. The summed E-state index contributed by atoms with van der Waals surface area (Å²) in [4.78, 5) is -0.465. The fourth-order valence-corrected chi connectivity index (χ4v) is 4.45. The van der Waals surface area contributed by atoms with E-state index in [0.29, 0.717) is 0 Å². The lowest BCUT2D eigenvalue weighted by Crippen LogP contribution is -2.32. The second kappa shape index (κ2) is 5.71. The Morgan fingerprint density at radius 1 is 1.26 bits per heavy atom. The first kappa shape index (κ1) is 17.0. The van der Waals surface area contributed by atoms with Gasteiger partial charge in [-0.25, -0.2) is 8.42 Å². The maximum absolute atomic E-state index is 12.8. The normalized spacial score (nSPS) is 23.9. The number of halogens is 3. The Bertz CT molecular complexity index is 858. The van der Waals surface area contributed by atoms with Crippen molar-refractivity contribution < 1.29 is 21.6 Å². The monoisotopic (exact) mass is 340 g/mol. The van der Waals surface area contributed by atoms with Gasteiger partial charge in [-0.3, -0.25) is 0 Å². The largest absolute Gasteiger partial charge is 0.416 e. The average Bonchev–Trinajstić information content (AvgIpc) is 2.45. The maximum atomic E-state index is 12.8. The number of sulfone groups is 1. The van der Waals surface area contributed by atoms with Crippen molar-refractivity contribution in [3.8, 4) is 12.1 Å². The van der Waals surface area contributed by atoms with E-state index in [2.05, 4.69) is 0 Å². The summed E-state index contributed by atoms with van der Waals surface area (Å²) in [6, 6.07) is 7.49. The van der Waals surface area contributed by atoms with E-state index in [1.54, 1.807) is 12.1 Å². The molecule has 1 aliphatic heterocycles. The van der Waals surface area contributed by atoms with E-state index in [9.17, 15) is 26.9 Å². The number of hydrogen-bond donors (Lipinski definition) is 0. The molecule has 0 N–H and O–H groups in total. The highest BCUT2D eigenvalue weighted by atomic mass is 32.2. The van der Waals surface area contributed by atoms with Gasteiger partial charge in [0.25, 0.3) is 0 Å². The van der Waals surface area contributed by atoms with Gasteiger partial charge in [0.05, 0.1) is 11.6 Å². The average molecular weight is 340 g/mol. The number of nitriles is 2. The molecule has 1 aromatic carbocycles. The smallest absolute Gasteiger partial charge is 0.222 e. The Morgan fingerprint density at radius 2 is 1.91 bits per heavy atom. The SMILES string of the molecule is CC1=C(C#N)S(=O)(=O)C(C#N)C(c2cccc(C(F)(F)F)c2)C1. The molecule has 1 aromatic rings. The summed E-state index contributed by atoms with van der Waals surface area (Å²) in [6.07, 6.45) is -4.52. The third kappa shape index (κ3) is 2.95. The van der Waals surface area contributed by atoms with Gasteiger partial charge in [0, 0.05) is 5.92 Å². The maximum Gasteiger partial charge on any atom is 0.416 e. The van der Waals surface area contributed by atoms with Gasteiger partial charge in [-0.05, 0) is 30.5 Å². The van der Waals surface area contributed by atoms with E-state index < -0.39 is 37.6 Å². The standard InChI is InChI=1S/C15H11F3N2O2S/c1-9-5-12(14(8-20)23(21,22)13(9)7-19)10-3-2-4-11(6-10)15(16,17)18/h2-4,6,12,14H,5H2,1H3. The lowest BCUT2D eigenvalue weighted by molar-refractivity contribution is -0.137. The fourth-order valence-electron chi connectivity index (χ4n) is 2.67. The van der Waals surface area contributed by atoms with Gasteiger partial charge in [-0.1, -0.05) is 18.2 Å². The summed E-state index contributed by atoms with van der Waals surface area (Å²) in [5.74, 6) is -0.940. The van der Waals surface area contributed by atoms with E-state index in [1.165, 1.54) is 19.1 Å². The summed E-state index contributed by atoms with van der Waals surface area (Å²) < 4.78 is 63.1. The summed E-state index contributed by atoms with van der Waals surface area (Å²) in [5, 5.41) is 16.6. The highest BCUT2D eigenvalue weighted by Crippen LogP contribution is 2.41. The number of benzene rings is 1. The Balaban J connectivity index is 2.60. The van der Waals surface area contributed by atoms with Crippen LogP contribution in [-0.4, -0.2) is 13.7 Å². The van der Waals surface area contributed by atoms with Crippen LogP contribution >= 0.6 is 0 Å². The lowest BCUT2D eigenvalue weighted by Gasteiger charge is -2.28. The predicted octanol–water partition coefficient (Wildman–Crippen LogP) is 3.30.